The van der Waals surface area contributed by atoms with E-state index in [1.165, 1.54) is 16.9 Å². The van der Waals surface area contributed by atoms with E-state index in [4.69, 9.17) is 5.11 Å². The summed E-state index contributed by atoms with van der Waals surface area (Å²) in [6.45, 7) is 4.84. The van der Waals surface area contributed by atoms with Crippen molar-refractivity contribution in [2.24, 2.45) is 0 Å². The predicted molar refractivity (Wildman–Crippen MR) is 78.3 cm³/mol. The quantitative estimate of drug-likeness (QED) is 0.860. The highest BCUT2D eigenvalue weighted by Crippen LogP contribution is 2.11. The summed E-state index contributed by atoms with van der Waals surface area (Å²) in [6, 6.07) is 2.66. The molecule has 0 saturated carbocycles. The molecule has 2 aromatic heterocycles. The zero-order valence-electron chi connectivity index (χ0n) is 12.8. The fourth-order valence-electron chi connectivity index (χ4n) is 2.08. The third-order valence-electron chi connectivity index (χ3n) is 3.38. The molecule has 0 aliphatic carbocycles. The van der Waals surface area contributed by atoms with E-state index in [0.717, 1.165) is 12.2 Å². The van der Waals surface area contributed by atoms with Crippen molar-refractivity contribution in [1.29, 1.82) is 0 Å². The van der Waals surface area contributed by atoms with Crippen molar-refractivity contribution < 1.29 is 14.7 Å². The maximum atomic E-state index is 12.4. The van der Waals surface area contributed by atoms with Crippen LogP contribution in [0.4, 0.5) is 0 Å². The molecule has 1 atom stereocenters. The second-order valence-corrected chi connectivity index (χ2v) is 5.02. The minimum Gasteiger partial charge on any atom is -0.476 e. The molecule has 1 amide bonds. The summed E-state index contributed by atoms with van der Waals surface area (Å²) in [5, 5.41) is 17.1. The molecule has 118 valence electrons. The summed E-state index contributed by atoms with van der Waals surface area (Å²) in [6.07, 6.45) is 3.36. The monoisotopic (exact) mass is 305 g/mol. The van der Waals surface area contributed by atoms with Crippen molar-refractivity contribution in [2.75, 3.05) is 7.05 Å². The average molecular weight is 305 g/mol. The van der Waals surface area contributed by atoms with Gasteiger partial charge in [0.05, 0.1) is 12.2 Å². The lowest BCUT2D eigenvalue weighted by Crippen LogP contribution is -2.33. The number of likely N-dealkylation sites (N-methyl/N-ethyl adjacent to an activating group) is 1. The number of carbonyl (C=O) groups excluding carboxylic acids is 1. The van der Waals surface area contributed by atoms with E-state index in [0.29, 0.717) is 6.54 Å². The van der Waals surface area contributed by atoms with Gasteiger partial charge in [0.2, 0.25) is 5.91 Å². The average Bonchev–Trinajstić information content (AvgIpc) is 3.14. The number of aromatic carboxylic acids is 1. The van der Waals surface area contributed by atoms with E-state index in [1.54, 1.807) is 23.6 Å². The Morgan fingerprint density at radius 1 is 1.32 bits per heavy atom. The van der Waals surface area contributed by atoms with Crippen LogP contribution >= 0.6 is 0 Å². The summed E-state index contributed by atoms with van der Waals surface area (Å²) >= 11 is 0. The first-order valence-corrected chi connectivity index (χ1v) is 6.98. The molecular weight excluding hydrogens is 286 g/mol. The van der Waals surface area contributed by atoms with Gasteiger partial charge in [0.15, 0.2) is 5.69 Å². The van der Waals surface area contributed by atoms with Crippen molar-refractivity contribution in [3.8, 4) is 0 Å². The lowest BCUT2D eigenvalue weighted by Gasteiger charge is -2.20. The molecule has 22 heavy (non-hydrogen) atoms. The molecule has 2 aromatic rings. The van der Waals surface area contributed by atoms with E-state index in [9.17, 15) is 9.59 Å². The Hall–Kier alpha value is -2.64. The molecule has 0 saturated heterocycles. The highest BCUT2D eigenvalue weighted by atomic mass is 16.4. The van der Waals surface area contributed by atoms with Gasteiger partial charge < -0.3 is 10.0 Å². The lowest BCUT2D eigenvalue weighted by atomic mass is 10.3. The fourth-order valence-corrected chi connectivity index (χ4v) is 2.08. The van der Waals surface area contributed by atoms with Crippen LogP contribution in [0.2, 0.25) is 0 Å². The van der Waals surface area contributed by atoms with Gasteiger partial charge in [-0.25, -0.2) is 4.79 Å². The third-order valence-corrected chi connectivity index (χ3v) is 3.38. The summed E-state index contributed by atoms with van der Waals surface area (Å²) in [7, 11) is 1.69. The second kappa shape index (κ2) is 6.42. The largest absolute Gasteiger partial charge is 0.476 e. The minimum atomic E-state index is -1.11. The van der Waals surface area contributed by atoms with Crippen LogP contribution in [0.5, 0.6) is 0 Å². The number of rotatable bonds is 6. The normalized spacial score (nSPS) is 12.1. The Morgan fingerprint density at radius 2 is 2.05 bits per heavy atom. The number of nitrogens with zero attached hydrogens (tertiary/aromatic N) is 5. The van der Waals surface area contributed by atoms with E-state index in [-0.39, 0.29) is 11.6 Å². The van der Waals surface area contributed by atoms with Crippen LogP contribution in [0.15, 0.2) is 24.5 Å². The molecular formula is C14H19N5O3. The highest BCUT2D eigenvalue weighted by Gasteiger charge is 2.21. The van der Waals surface area contributed by atoms with Gasteiger partial charge in [0, 0.05) is 26.0 Å². The fraction of sp³-hybridized carbons (Fsp3) is 0.429. The predicted octanol–water partition coefficient (Wildman–Crippen LogP) is 1.02. The minimum absolute atomic E-state index is 0.0796. The van der Waals surface area contributed by atoms with E-state index >= 15 is 0 Å². The highest BCUT2D eigenvalue weighted by molar-refractivity contribution is 5.85. The molecule has 1 N–H and O–H groups in total. The SMILES string of the molecule is CCn1ccc(CN(C)C(=O)C(C)n2ccc(C(=O)O)n2)n1. The summed E-state index contributed by atoms with van der Waals surface area (Å²) in [5.41, 5.74) is 0.723. The van der Waals surface area contributed by atoms with Crippen LogP contribution in [0.25, 0.3) is 0 Å². The van der Waals surface area contributed by atoms with Crippen molar-refractivity contribution in [2.45, 2.75) is 33.0 Å². The standard InChI is InChI=1S/C14H19N5O3/c1-4-18-7-5-11(15-18)9-17(3)13(20)10(2)19-8-6-12(16-19)14(21)22/h5-8,10H,4,9H2,1-3H3,(H,21,22). The number of hydrogen-bond donors (Lipinski definition) is 1. The molecule has 8 heteroatoms. The summed E-state index contributed by atoms with van der Waals surface area (Å²) in [5.74, 6) is -1.28. The van der Waals surface area contributed by atoms with E-state index in [2.05, 4.69) is 10.2 Å². The van der Waals surface area contributed by atoms with Crippen LogP contribution in [0.3, 0.4) is 0 Å². The van der Waals surface area contributed by atoms with E-state index in [1.807, 2.05) is 19.2 Å². The van der Waals surface area contributed by atoms with Crippen molar-refractivity contribution in [1.82, 2.24) is 24.5 Å². The molecule has 0 radical (unpaired) electrons. The molecule has 0 aliphatic heterocycles. The van der Waals surface area contributed by atoms with E-state index < -0.39 is 12.0 Å². The maximum absolute atomic E-state index is 12.4. The molecule has 0 aliphatic rings. The smallest absolute Gasteiger partial charge is 0.356 e. The molecule has 1 unspecified atom stereocenters. The Kier molecular flexibility index (Phi) is 4.59. The second-order valence-electron chi connectivity index (χ2n) is 5.02. The topological polar surface area (TPSA) is 93.2 Å². The number of amides is 1. The Bertz CT molecular complexity index is 676. The molecule has 2 heterocycles. The van der Waals surface area contributed by atoms with Gasteiger partial charge in [-0.3, -0.25) is 14.2 Å². The first-order chi connectivity index (χ1) is 10.4. The number of aromatic nitrogens is 4. The van der Waals surface area contributed by atoms with Crippen molar-refractivity contribution >= 4 is 11.9 Å². The summed E-state index contributed by atoms with van der Waals surface area (Å²) in [4.78, 5) is 24.8. The van der Waals surface area contributed by atoms with Gasteiger partial charge in [-0.15, -0.1) is 0 Å². The Morgan fingerprint density at radius 3 is 2.59 bits per heavy atom. The molecule has 8 nitrogen and oxygen atoms in total. The Labute approximate surface area is 127 Å². The first-order valence-electron chi connectivity index (χ1n) is 6.98. The number of aryl methyl sites for hydroxylation is 1. The molecule has 0 fully saturated rings. The first kappa shape index (κ1) is 15.7. The summed E-state index contributed by atoms with van der Waals surface area (Å²) < 4.78 is 3.15. The third kappa shape index (κ3) is 3.33. The molecule has 0 spiro atoms. The van der Waals surface area contributed by atoms with Crippen molar-refractivity contribution in [3.05, 3.63) is 35.9 Å². The number of carbonyl (C=O) groups is 2. The molecule has 2 rings (SSSR count). The van der Waals surface area contributed by atoms with Gasteiger partial charge >= 0.3 is 5.97 Å². The van der Waals surface area contributed by atoms with Gasteiger partial charge in [0.1, 0.15) is 6.04 Å². The van der Waals surface area contributed by atoms with Crippen LogP contribution in [0.1, 0.15) is 36.1 Å². The lowest BCUT2D eigenvalue weighted by molar-refractivity contribution is -0.133. The Balaban J connectivity index is 2.03. The number of carboxylic acids is 1. The van der Waals surface area contributed by atoms with Crippen molar-refractivity contribution in [3.63, 3.8) is 0 Å². The zero-order chi connectivity index (χ0) is 16.3. The van der Waals surface area contributed by atoms with Gasteiger partial charge in [-0.2, -0.15) is 10.2 Å². The number of hydrogen-bond acceptors (Lipinski definition) is 4. The van der Waals surface area contributed by atoms with Crippen LogP contribution in [-0.4, -0.2) is 48.5 Å². The number of carboxylic acid groups (broad SMARTS) is 1. The maximum Gasteiger partial charge on any atom is 0.356 e. The van der Waals surface area contributed by atoms with Gasteiger partial charge in [-0.1, -0.05) is 0 Å². The van der Waals surface area contributed by atoms with Crippen LogP contribution in [0, 0.1) is 0 Å². The van der Waals surface area contributed by atoms with Gasteiger partial charge in [-0.05, 0) is 26.0 Å². The van der Waals surface area contributed by atoms with Crippen LogP contribution in [-0.2, 0) is 17.9 Å². The van der Waals surface area contributed by atoms with Gasteiger partial charge in [0.25, 0.3) is 0 Å². The van der Waals surface area contributed by atoms with Crippen LogP contribution < -0.4 is 0 Å². The molecule has 0 aromatic carbocycles. The zero-order valence-corrected chi connectivity index (χ0v) is 12.8. The molecule has 0 bridgehead atoms.